The first-order chi connectivity index (χ1) is 6.66. The Kier molecular flexibility index (Phi) is 2.20. The molecule has 0 saturated carbocycles. The minimum absolute atomic E-state index is 0.243. The average Bonchev–Trinajstić information content (AvgIpc) is 2.57. The van der Waals surface area contributed by atoms with Gasteiger partial charge >= 0.3 is 0 Å². The van der Waals surface area contributed by atoms with Gasteiger partial charge in [0, 0.05) is 4.47 Å². The number of rotatable bonds is 1. The first-order valence-corrected chi connectivity index (χ1v) is 4.77. The van der Waals surface area contributed by atoms with E-state index in [1.807, 2.05) is 19.1 Å². The zero-order valence-corrected chi connectivity index (χ0v) is 9.06. The molecule has 6 heteroatoms. The highest BCUT2D eigenvalue weighted by molar-refractivity contribution is 9.10. The molecule has 0 fully saturated rings. The fraction of sp³-hybridized carbons (Fsp3) is 0.125. The molecule has 2 heterocycles. The number of hydrogen-bond acceptors (Lipinski definition) is 4. The number of nitrogens with two attached hydrogens (primary N) is 1. The quantitative estimate of drug-likeness (QED) is 0.833. The second-order valence-corrected chi connectivity index (χ2v) is 3.64. The molecule has 0 aliphatic heterocycles. The minimum atomic E-state index is 0.243. The number of anilines is 1. The predicted molar refractivity (Wildman–Crippen MR) is 56.0 cm³/mol. The molecule has 0 atom stereocenters. The number of halogens is 1. The van der Waals surface area contributed by atoms with Crippen LogP contribution < -0.4 is 5.73 Å². The third-order valence-electron chi connectivity index (χ3n) is 1.75. The molecule has 0 bridgehead atoms. The SMILES string of the molecule is Cc1nc(-n2cnc(N)n2)ccc1Br. The standard InChI is InChI=1S/C8H8BrN5/c1-5-6(9)2-3-7(12-5)14-4-11-8(10)13-14/h2-4H,1H3,(H2,10,13). The van der Waals surface area contributed by atoms with Gasteiger partial charge < -0.3 is 5.73 Å². The van der Waals surface area contributed by atoms with Crippen LogP contribution in [0, 0.1) is 6.92 Å². The Morgan fingerprint density at radius 2 is 2.21 bits per heavy atom. The van der Waals surface area contributed by atoms with Gasteiger partial charge in [0.25, 0.3) is 0 Å². The zero-order valence-electron chi connectivity index (χ0n) is 7.48. The molecule has 5 nitrogen and oxygen atoms in total. The van der Waals surface area contributed by atoms with Crippen molar-refractivity contribution in [3.05, 3.63) is 28.6 Å². The van der Waals surface area contributed by atoms with E-state index in [2.05, 4.69) is 31.0 Å². The summed E-state index contributed by atoms with van der Waals surface area (Å²) in [6.07, 6.45) is 1.53. The summed E-state index contributed by atoms with van der Waals surface area (Å²) in [4.78, 5) is 8.14. The van der Waals surface area contributed by atoms with Crippen molar-refractivity contribution in [3.63, 3.8) is 0 Å². The van der Waals surface area contributed by atoms with Gasteiger partial charge in [0.15, 0.2) is 5.82 Å². The first kappa shape index (κ1) is 9.14. The lowest BCUT2D eigenvalue weighted by atomic mass is 10.4. The second-order valence-electron chi connectivity index (χ2n) is 2.78. The van der Waals surface area contributed by atoms with Gasteiger partial charge in [0.05, 0.1) is 5.69 Å². The van der Waals surface area contributed by atoms with Crippen molar-refractivity contribution < 1.29 is 0 Å². The zero-order chi connectivity index (χ0) is 10.1. The van der Waals surface area contributed by atoms with Crippen molar-refractivity contribution in [1.29, 1.82) is 0 Å². The molecule has 0 saturated heterocycles. The molecule has 0 radical (unpaired) electrons. The van der Waals surface area contributed by atoms with E-state index in [0.717, 1.165) is 10.2 Å². The van der Waals surface area contributed by atoms with E-state index in [1.54, 1.807) is 0 Å². The van der Waals surface area contributed by atoms with Gasteiger partial charge in [-0.3, -0.25) is 0 Å². The van der Waals surface area contributed by atoms with Crippen molar-refractivity contribution >= 4 is 21.9 Å². The van der Waals surface area contributed by atoms with Crippen LogP contribution in [0.15, 0.2) is 22.9 Å². The van der Waals surface area contributed by atoms with Crippen LogP contribution in [0.4, 0.5) is 5.95 Å². The summed E-state index contributed by atoms with van der Waals surface area (Å²) in [5.74, 6) is 0.947. The van der Waals surface area contributed by atoms with Crippen LogP contribution >= 0.6 is 15.9 Å². The maximum atomic E-state index is 5.40. The van der Waals surface area contributed by atoms with Gasteiger partial charge in [-0.2, -0.15) is 0 Å². The molecule has 2 rings (SSSR count). The van der Waals surface area contributed by atoms with E-state index >= 15 is 0 Å². The van der Waals surface area contributed by atoms with E-state index in [-0.39, 0.29) is 5.95 Å². The normalized spacial score (nSPS) is 10.4. The van der Waals surface area contributed by atoms with Gasteiger partial charge in [-0.15, -0.1) is 5.10 Å². The van der Waals surface area contributed by atoms with Crippen molar-refractivity contribution in [2.24, 2.45) is 0 Å². The Morgan fingerprint density at radius 3 is 2.79 bits per heavy atom. The van der Waals surface area contributed by atoms with E-state index in [0.29, 0.717) is 5.82 Å². The molecule has 2 aromatic heterocycles. The highest BCUT2D eigenvalue weighted by Crippen LogP contribution is 2.15. The molecule has 0 unspecified atom stereocenters. The van der Waals surface area contributed by atoms with Crippen LogP contribution in [-0.2, 0) is 0 Å². The summed E-state index contributed by atoms with van der Waals surface area (Å²) in [5, 5.41) is 3.96. The van der Waals surface area contributed by atoms with Crippen LogP contribution in [0.25, 0.3) is 5.82 Å². The maximum absolute atomic E-state index is 5.40. The van der Waals surface area contributed by atoms with Crippen molar-refractivity contribution in [3.8, 4) is 5.82 Å². The second kappa shape index (κ2) is 3.38. The summed E-state index contributed by atoms with van der Waals surface area (Å²) in [6, 6.07) is 3.75. The van der Waals surface area contributed by atoms with Crippen LogP contribution in [0.5, 0.6) is 0 Å². The molecule has 14 heavy (non-hydrogen) atoms. The van der Waals surface area contributed by atoms with E-state index in [4.69, 9.17) is 5.73 Å². The van der Waals surface area contributed by atoms with Crippen LogP contribution in [0.3, 0.4) is 0 Å². The van der Waals surface area contributed by atoms with Gasteiger partial charge in [-0.1, -0.05) is 0 Å². The Bertz CT molecular complexity index is 465. The topological polar surface area (TPSA) is 69.6 Å². The number of nitrogens with zero attached hydrogens (tertiary/aromatic N) is 4. The lowest BCUT2D eigenvalue weighted by molar-refractivity contribution is 0.841. The number of aryl methyl sites for hydroxylation is 1. The van der Waals surface area contributed by atoms with E-state index in [9.17, 15) is 0 Å². The monoisotopic (exact) mass is 253 g/mol. The lowest BCUT2D eigenvalue weighted by Crippen LogP contribution is -2.00. The van der Waals surface area contributed by atoms with Gasteiger partial charge in [-0.25, -0.2) is 14.6 Å². The first-order valence-electron chi connectivity index (χ1n) is 3.97. The fourth-order valence-corrected chi connectivity index (χ4v) is 1.27. The molecule has 72 valence electrons. The number of hydrogen-bond donors (Lipinski definition) is 1. The summed E-state index contributed by atoms with van der Waals surface area (Å²) in [5.41, 5.74) is 6.30. The predicted octanol–water partition coefficient (Wildman–Crippen LogP) is 1.32. The van der Waals surface area contributed by atoms with Crippen molar-refractivity contribution in [1.82, 2.24) is 19.7 Å². The Hall–Kier alpha value is -1.43. The number of pyridine rings is 1. The molecular weight excluding hydrogens is 246 g/mol. The number of aromatic nitrogens is 4. The molecule has 0 spiro atoms. The van der Waals surface area contributed by atoms with Crippen LogP contribution in [0.2, 0.25) is 0 Å². The lowest BCUT2D eigenvalue weighted by Gasteiger charge is -2.01. The molecule has 2 aromatic rings. The smallest absolute Gasteiger partial charge is 0.239 e. The third-order valence-corrected chi connectivity index (χ3v) is 2.59. The average molecular weight is 254 g/mol. The van der Waals surface area contributed by atoms with Crippen LogP contribution in [-0.4, -0.2) is 19.7 Å². The number of nitrogen functional groups attached to an aromatic ring is 1. The van der Waals surface area contributed by atoms with E-state index in [1.165, 1.54) is 11.0 Å². The Morgan fingerprint density at radius 1 is 1.43 bits per heavy atom. The summed E-state index contributed by atoms with van der Waals surface area (Å²) < 4.78 is 2.50. The van der Waals surface area contributed by atoms with Gasteiger partial charge in [-0.05, 0) is 35.0 Å². The maximum Gasteiger partial charge on any atom is 0.239 e. The molecule has 0 aliphatic rings. The molecule has 0 aromatic carbocycles. The molecule has 0 amide bonds. The van der Waals surface area contributed by atoms with Gasteiger partial charge in [0.1, 0.15) is 6.33 Å². The fourth-order valence-electron chi connectivity index (χ4n) is 1.04. The molecular formula is C8H8BrN5. The van der Waals surface area contributed by atoms with Crippen LogP contribution in [0.1, 0.15) is 5.69 Å². The summed E-state index contributed by atoms with van der Waals surface area (Å²) in [7, 11) is 0. The summed E-state index contributed by atoms with van der Waals surface area (Å²) >= 11 is 3.37. The van der Waals surface area contributed by atoms with Crippen molar-refractivity contribution in [2.75, 3.05) is 5.73 Å². The minimum Gasteiger partial charge on any atom is -0.366 e. The third kappa shape index (κ3) is 1.60. The highest BCUT2D eigenvalue weighted by atomic mass is 79.9. The molecule has 2 N–H and O–H groups in total. The van der Waals surface area contributed by atoms with Gasteiger partial charge in [0.2, 0.25) is 5.95 Å². The highest BCUT2D eigenvalue weighted by Gasteiger charge is 2.02. The Balaban J connectivity index is 2.47. The summed E-state index contributed by atoms with van der Waals surface area (Å²) in [6.45, 7) is 1.91. The van der Waals surface area contributed by atoms with E-state index < -0.39 is 0 Å². The Labute approximate surface area is 89.1 Å². The molecule has 0 aliphatic carbocycles. The van der Waals surface area contributed by atoms with Crippen molar-refractivity contribution in [2.45, 2.75) is 6.92 Å². The largest absolute Gasteiger partial charge is 0.366 e.